The number of hydrogen-bond donors (Lipinski definition) is 2. The van der Waals surface area contributed by atoms with Crippen molar-refractivity contribution in [1.82, 2.24) is 25.3 Å². The Morgan fingerprint density at radius 3 is 2.55 bits per heavy atom. The van der Waals surface area contributed by atoms with Crippen LogP contribution in [-0.2, 0) is 0 Å². The SMILES string of the molecule is C[C@@H]1CN(c2ncc(F)cn2)CCN1c1ncc(OCC2=CCNCC2N)cn1. The molecule has 0 radical (unpaired) electrons. The number of nitrogens with two attached hydrogens (primary N) is 1. The van der Waals surface area contributed by atoms with E-state index >= 15 is 0 Å². The van der Waals surface area contributed by atoms with Gasteiger partial charge in [0.1, 0.15) is 6.61 Å². The molecule has 0 spiro atoms. The van der Waals surface area contributed by atoms with Crippen LogP contribution < -0.4 is 25.6 Å². The molecule has 2 aliphatic rings. The van der Waals surface area contributed by atoms with Crippen LogP contribution in [-0.4, -0.2) is 71.4 Å². The lowest BCUT2D eigenvalue weighted by atomic mass is 10.1. The molecule has 0 saturated carbocycles. The highest BCUT2D eigenvalue weighted by Gasteiger charge is 2.27. The largest absolute Gasteiger partial charge is 0.486 e. The van der Waals surface area contributed by atoms with Crippen molar-refractivity contribution >= 4 is 11.9 Å². The summed E-state index contributed by atoms with van der Waals surface area (Å²) in [5.41, 5.74) is 7.14. The second kappa shape index (κ2) is 8.66. The molecule has 3 N–H and O–H groups in total. The molecule has 0 aliphatic carbocycles. The average molecular weight is 400 g/mol. The molecule has 1 fully saturated rings. The second-order valence-electron chi connectivity index (χ2n) is 7.24. The Morgan fingerprint density at radius 2 is 1.86 bits per heavy atom. The summed E-state index contributed by atoms with van der Waals surface area (Å²) in [6, 6.07) is 0.133. The number of anilines is 2. The summed E-state index contributed by atoms with van der Waals surface area (Å²) in [5.74, 6) is 1.37. The summed E-state index contributed by atoms with van der Waals surface area (Å²) in [4.78, 5) is 21.2. The van der Waals surface area contributed by atoms with Crippen molar-refractivity contribution < 1.29 is 9.13 Å². The van der Waals surface area contributed by atoms with Gasteiger partial charge in [0.05, 0.1) is 24.8 Å². The molecule has 4 heterocycles. The highest BCUT2D eigenvalue weighted by molar-refractivity contribution is 5.39. The molecule has 1 saturated heterocycles. The maximum atomic E-state index is 13.0. The number of nitrogens with one attached hydrogen (secondary N) is 1. The third kappa shape index (κ3) is 4.60. The lowest BCUT2D eigenvalue weighted by Crippen LogP contribution is -2.53. The summed E-state index contributed by atoms with van der Waals surface area (Å²) >= 11 is 0. The van der Waals surface area contributed by atoms with Gasteiger partial charge in [-0.2, -0.15) is 0 Å². The van der Waals surface area contributed by atoms with E-state index in [1.807, 2.05) is 4.90 Å². The number of halogens is 1. The molecule has 2 aromatic heterocycles. The molecule has 10 heteroatoms. The van der Waals surface area contributed by atoms with Gasteiger partial charge in [0.15, 0.2) is 11.6 Å². The second-order valence-corrected chi connectivity index (χ2v) is 7.24. The minimum Gasteiger partial charge on any atom is -0.486 e. The van der Waals surface area contributed by atoms with Crippen molar-refractivity contribution in [3.8, 4) is 5.75 Å². The van der Waals surface area contributed by atoms with E-state index in [0.29, 0.717) is 37.3 Å². The smallest absolute Gasteiger partial charge is 0.225 e. The van der Waals surface area contributed by atoms with Crippen LogP contribution in [0.1, 0.15) is 6.92 Å². The fraction of sp³-hybridized carbons (Fsp3) is 0.474. The molecule has 1 unspecified atom stereocenters. The zero-order valence-corrected chi connectivity index (χ0v) is 16.3. The predicted molar refractivity (Wildman–Crippen MR) is 107 cm³/mol. The fourth-order valence-corrected chi connectivity index (χ4v) is 3.49. The van der Waals surface area contributed by atoms with Crippen molar-refractivity contribution in [3.63, 3.8) is 0 Å². The van der Waals surface area contributed by atoms with Crippen LogP contribution in [0.5, 0.6) is 5.75 Å². The van der Waals surface area contributed by atoms with E-state index in [9.17, 15) is 4.39 Å². The van der Waals surface area contributed by atoms with Gasteiger partial charge in [0.2, 0.25) is 11.9 Å². The van der Waals surface area contributed by atoms with Crippen LogP contribution >= 0.6 is 0 Å². The molecule has 2 aliphatic heterocycles. The Bertz CT molecular complexity index is 844. The van der Waals surface area contributed by atoms with Crippen LogP contribution in [0.15, 0.2) is 36.4 Å². The lowest BCUT2D eigenvalue weighted by molar-refractivity contribution is 0.336. The van der Waals surface area contributed by atoms with Crippen LogP contribution in [0.25, 0.3) is 0 Å². The standard InChI is InChI=1S/C19H25FN8O/c1-13-11-27(18-23-6-15(20)7-24-18)4-5-28(13)19-25-8-16(9-26-19)29-12-14-2-3-22-10-17(14)21/h2,6-9,13,17,22H,3-5,10-12,21H2,1H3/t13-,17?/m1/s1. The monoisotopic (exact) mass is 400 g/mol. The zero-order valence-electron chi connectivity index (χ0n) is 16.3. The van der Waals surface area contributed by atoms with Crippen LogP contribution in [0.3, 0.4) is 0 Å². The van der Waals surface area contributed by atoms with Gasteiger partial charge in [-0.1, -0.05) is 6.08 Å². The van der Waals surface area contributed by atoms with Gasteiger partial charge in [-0.05, 0) is 12.5 Å². The maximum Gasteiger partial charge on any atom is 0.225 e. The van der Waals surface area contributed by atoms with Crippen LogP contribution in [0, 0.1) is 5.82 Å². The van der Waals surface area contributed by atoms with Crippen molar-refractivity contribution in [1.29, 1.82) is 0 Å². The first-order chi connectivity index (χ1) is 14.1. The van der Waals surface area contributed by atoms with Gasteiger partial charge in [0.25, 0.3) is 0 Å². The normalized spacial score (nSPS) is 22.4. The Hall–Kier alpha value is -2.85. The topological polar surface area (TPSA) is 105 Å². The fourth-order valence-electron chi connectivity index (χ4n) is 3.49. The number of piperazine rings is 1. The third-order valence-electron chi connectivity index (χ3n) is 5.14. The zero-order chi connectivity index (χ0) is 20.2. The number of aromatic nitrogens is 4. The molecule has 0 aromatic carbocycles. The van der Waals surface area contributed by atoms with E-state index in [1.165, 1.54) is 12.4 Å². The first-order valence-electron chi connectivity index (χ1n) is 9.69. The van der Waals surface area contributed by atoms with Gasteiger partial charge in [-0.15, -0.1) is 0 Å². The van der Waals surface area contributed by atoms with E-state index in [4.69, 9.17) is 10.5 Å². The van der Waals surface area contributed by atoms with Crippen LogP contribution in [0.2, 0.25) is 0 Å². The van der Waals surface area contributed by atoms with Gasteiger partial charge >= 0.3 is 0 Å². The first kappa shape index (κ1) is 19.5. The molecular formula is C19H25FN8O. The highest BCUT2D eigenvalue weighted by atomic mass is 19.1. The van der Waals surface area contributed by atoms with Crippen molar-refractivity contribution in [3.05, 3.63) is 42.3 Å². The van der Waals surface area contributed by atoms with Gasteiger partial charge < -0.3 is 25.6 Å². The molecule has 0 amide bonds. The van der Waals surface area contributed by atoms with Crippen molar-refractivity contribution in [2.45, 2.75) is 19.0 Å². The van der Waals surface area contributed by atoms with E-state index in [-0.39, 0.29) is 12.1 Å². The number of hydrogen-bond acceptors (Lipinski definition) is 9. The molecular weight excluding hydrogens is 375 g/mol. The van der Waals surface area contributed by atoms with Crippen molar-refractivity contribution in [2.24, 2.45) is 5.73 Å². The summed E-state index contributed by atoms with van der Waals surface area (Å²) in [7, 11) is 0. The lowest BCUT2D eigenvalue weighted by Gasteiger charge is -2.39. The molecule has 0 bridgehead atoms. The number of ether oxygens (including phenoxy) is 1. The van der Waals surface area contributed by atoms with Gasteiger partial charge in [-0.3, -0.25) is 0 Å². The Morgan fingerprint density at radius 1 is 1.14 bits per heavy atom. The summed E-state index contributed by atoms with van der Waals surface area (Å²) in [6.45, 7) is 6.24. The number of nitrogens with zero attached hydrogens (tertiary/aromatic N) is 6. The molecule has 154 valence electrons. The number of rotatable bonds is 5. The van der Waals surface area contributed by atoms with E-state index in [1.54, 1.807) is 12.4 Å². The van der Waals surface area contributed by atoms with E-state index in [0.717, 1.165) is 25.2 Å². The first-order valence-corrected chi connectivity index (χ1v) is 9.69. The van der Waals surface area contributed by atoms with Gasteiger partial charge in [-0.25, -0.2) is 24.3 Å². The quantitative estimate of drug-likeness (QED) is 0.688. The average Bonchev–Trinajstić information content (AvgIpc) is 2.74. The Balaban J connectivity index is 1.34. The van der Waals surface area contributed by atoms with E-state index in [2.05, 4.69) is 43.2 Å². The Labute approximate surface area is 168 Å². The summed E-state index contributed by atoms with van der Waals surface area (Å²) in [5, 5.41) is 3.21. The Kier molecular flexibility index (Phi) is 5.81. The minimum atomic E-state index is -0.436. The molecule has 4 rings (SSSR count). The molecule has 2 aromatic rings. The van der Waals surface area contributed by atoms with E-state index < -0.39 is 5.82 Å². The summed E-state index contributed by atoms with van der Waals surface area (Å²) < 4.78 is 18.8. The highest BCUT2D eigenvalue weighted by Crippen LogP contribution is 2.20. The third-order valence-corrected chi connectivity index (χ3v) is 5.14. The molecule has 2 atom stereocenters. The van der Waals surface area contributed by atoms with Gasteiger partial charge in [0, 0.05) is 44.8 Å². The van der Waals surface area contributed by atoms with Crippen LogP contribution in [0.4, 0.5) is 16.3 Å². The predicted octanol–water partition coefficient (Wildman–Crippen LogP) is 0.357. The maximum absolute atomic E-state index is 13.0. The van der Waals surface area contributed by atoms with Crippen molar-refractivity contribution in [2.75, 3.05) is 49.1 Å². The molecule has 29 heavy (non-hydrogen) atoms. The molecule has 9 nitrogen and oxygen atoms in total. The minimum absolute atomic E-state index is 0.0221. The summed E-state index contributed by atoms with van der Waals surface area (Å²) in [6.07, 6.45) is 7.83.